The number of thiocarbonyl (C=S) groups is 1. The SMILES string of the molecule is CCCOc1c(Br)cc(/C=C2\SC(=S)N(C(C(=O)OCC)c3ccccc3)C2=O)cc1OC. The third kappa shape index (κ3) is 5.77. The first-order chi connectivity index (χ1) is 15.9. The van der Waals surface area contributed by atoms with Gasteiger partial charge in [0.2, 0.25) is 0 Å². The molecule has 174 valence electrons. The Balaban J connectivity index is 1.96. The van der Waals surface area contributed by atoms with Crippen LogP contribution in [0.15, 0.2) is 51.8 Å². The zero-order valence-corrected chi connectivity index (χ0v) is 21.7. The number of carbonyl (C=O) groups excluding carboxylic acids is 2. The summed E-state index contributed by atoms with van der Waals surface area (Å²) in [5.74, 6) is 0.278. The van der Waals surface area contributed by atoms with E-state index in [2.05, 4.69) is 15.9 Å². The van der Waals surface area contributed by atoms with Crippen molar-refractivity contribution in [2.75, 3.05) is 20.3 Å². The van der Waals surface area contributed by atoms with Gasteiger partial charge < -0.3 is 14.2 Å². The van der Waals surface area contributed by atoms with E-state index >= 15 is 0 Å². The van der Waals surface area contributed by atoms with Gasteiger partial charge in [0.1, 0.15) is 4.32 Å². The van der Waals surface area contributed by atoms with Crippen molar-refractivity contribution in [2.45, 2.75) is 26.3 Å². The van der Waals surface area contributed by atoms with E-state index in [0.29, 0.717) is 37.4 Å². The van der Waals surface area contributed by atoms with Crippen molar-refractivity contribution in [3.63, 3.8) is 0 Å². The Morgan fingerprint density at radius 2 is 1.97 bits per heavy atom. The Morgan fingerprint density at radius 1 is 1.24 bits per heavy atom. The fourth-order valence-electron chi connectivity index (χ4n) is 3.27. The molecule has 0 bridgehead atoms. The lowest BCUT2D eigenvalue weighted by Gasteiger charge is -2.25. The van der Waals surface area contributed by atoms with Crippen molar-refractivity contribution in [3.05, 3.63) is 63.0 Å². The first kappa shape index (κ1) is 25.3. The molecule has 1 saturated heterocycles. The minimum Gasteiger partial charge on any atom is -0.493 e. The van der Waals surface area contributed by atoms with Crippen molar-refractivity contribution in [3.8, 4) is 11.5 Å². The average molecular weight is 550 g/mol. The molecular weight excluding hydrogens is 526 g/mol. The fraction of sp³-hybridized carbons (Fsp3) is 0.292. The summed E-state index contributed by atoms with van der Waals surface area (Å²) in [5.41, 5.74) is 1.37. The number of ether oxygens (including phenoxy) is 3. The van der Waals surface area contributed by atoms with Crippen LogP contribution in [0.4, 0.5) is 0 Å². The van der Waals surface area contributed by atoms with Crippen LogP contribution in [-0.4, -0.2) is 41.4 Å². The van der Waals surface area contributed by atoms with Crippen LogP contribution in [0.3, 0.4) is 0 Å². The van der Waals surface area contributed by atoms with E-state index in [0.717, 1.165) is 23.7 Å². The molecule has 2 aromatic carbocycles. The Morgan fingerprint density at radius 3 is 2.61 bits per heavy atom. The monoisotopic (exact) mass is 549 g/mol. The van der Waals surface area contributed by atoms with Crippen LogP contribution < -0.4 is 9.47 Å². The second kappa shape index (κ2) is 11.7. The van der Waals surface area contributed by atoms with Crippen molar-refractivity contribution < 1.29 is 23.8 Å². The number of hydrogen-bond acceptors (Lipinski definition) is 7. The van der Waals surface area contributed by atoms with E-state index in [1.165, 1.54) is 4.90 Å². The van der Waals surface area contributed by atoms with Gasteiger partial charge in [0, 0.05) is 0 Å². The summed E-state index contributed by atoms with van der Waals surface area (Å²) in [6, 6.07) is 11.7. The predicted octanol–water partition coefficient (Wildman–Crippen LogP) is 5.75. The molecule has 1 atom stereocenters. The highest BCUT2D eigenvalue weighted by Crippen LogP contribution is 2.41. The van der Waals surface area contributed by atoms with Gasteiger partial charge in [0.05, 0.1) is 29.7 Å². The molecule has 0 spiro atoms. The number of halogens is 1. The summed E-state index contributed by atoms with van der Waals surface area (Å²) >= 11 is 10.2. The second-order valence-electron chi connectivity index (χ2n) is 7.00. The van der Waals surface area contributed by atoms with E-state index in [4.69, 9.17) is 26.4 Å². The molecule has 9 heteroatoms. The van der Waals surface area contributed by atoms with E-state index in [1.807, 2.05) is 19.1 Å². The summed E-state index contributed by atoms with van der Waals surface area (Å²) in [4.78, 5) is 27.9. The molecule has 0 N–H and O–H groups in total. The second-order valence-corrected chi connectivity index (χ2v) is 9.53. The zero-order chi connectivity index (χ0) is 24.0. The highest BCUT2D eigenvalue weighted by atomic mass is 79.9. The van der Waals surface area contributed by atoms with Crippen LogP contribution in [0.2, 0.25) is 0 Å². The third-order valence-electron chi connectivity index (χ3n) is 4.71. The maximum absolute atomic E-state index is 13.4. The topological polar surface area (TPSA) is 65.1 Å². The third-order valence-corrected chi connectivity index (χ3v) is 6.63. The van der Waals surface area contributed by atoms with Gasteiger partial charge in [-0.2, -0.15) is 0 Å². The van der Waals surface area contributed by atoms with E-state index in [-0.39, 0.29) is 12.5 Å². The van der Waals surface area contributed by atoms with Gasteiger partial charge in [-0.15, -0.1) is 0 Å². The summed E-state index contributed by atoms with van der Waals surface area (Å²) in [6.45, 7) is 4.51. The maximum atomic E-state index is 13.4. The molecule has 1 aliphatic heterocycles. The summed E-state index contributed by atoms with van der Waals surface area (Å²) in [6.07, 6.45) is 2.59. The summed E-state index contributed by atoms with van der Waals surface area (Å²) < 4.78 is 17.5. The lowest BCUT2D eigenvalue weighted by Crippen LogP contribution is -2.38. The van der Waals surface area contributed by atoms with Crippen LogP contribution >= 0.6 is 39.9 Å². The number of carbonyl (C=O) groups is 2. The fourth-order valence-corrected chi connectivity index (χ4v) is 5.16. The zero-order valence-electron chi connectivity index (χ0n) is 18.5. The molecule has 0 aromatic heterocycles. The van der Waals surface area contributed by atoms with Gasteiger partial charge in [-0.1, -0.05) is 61.2 Å². The highest BCUT2D eigenvalue weighted by molar-refractivity contribution is 9.10. The van der Waals surface area contributed by atoms with Gasteiger partial charge in [-0.3, -0.25) is 9.69 Å². The summed E-state index contributed by atoms with van der Waals surface area (Å²) in [5, 5.41) is 0. The number of rotatable bonds is 9. The Kier molecular flexibility index (Phi) is 8.94. The first-order valence-corrected chi connectivity index (χ1v) is 12.4. The van der Waals surface area contributed by atoms with Crippen molar-refractivity contribution >= 4 is 62.2 Å². The lowest BCUT2D eigenvalue weighted by atomic mass is 10.1. The van der Waals surface area contributed by atoms with E-state index in [1.54, 1.807) is 50.4 Å². The quantitative estimate of drug-likeness (QED) is 0.224. The molecule has 0 saturated carbocycles. The van der Waals surface area contributed by atoms with Crippen LogP contribution in [0.1, 0.15) is 37.4 Å². The minimum absolute atomic E-state index is 0.201. The molecule has 2 aromatic rings. The van der Waals surface area contributed by atoms with Crippen molar-refractivity contribution in [1.82, 2.24) is 4.90 Å². The molecular formula is C24H24BrNO5S2. The number of amides is 1. The number of hydrogen-bond donors (Lipinski definition) is 0. The normalized spacial score (nSPS) is 15.6. The summed E-state index contributed by atoms with van der Waals surface area (Å²) in [7, 11) is 1.56. The first-order valence-electron chi connectivity index (χ1n) is 10.4. The molecule has 1 fully saturated rings. The Bertz CT molecular complexity index is 1070. The Hall–Kier alpha value is -2.36. The smallest absolute Gasteiger partial charge is 0.333 e. The standard InChI is InChI=1S/C24H24BrNO5S2/c1-4-11-31-21-17(25)12-15(13-18(21)29-3)14-19-22(27)26(24(32)33-19)20(23(28)30-5-2)16-9-7-6-8-10-16/h6-10,12-14,20H,4-5,11H2,1-3H3/b19-14-. The van der Waals surface area contributed by atoms with Gasteiger partial charge in [-0.25, -0.2) is 4.79 Å². The maximum Gasteiger partial charge on any atom is 0.333 e. The molecule has 0 radical (unpaired) electrons. The molecule has 3 rings (SSSR count). The number of benzene rings is 2. The molecule has 1 unspecified atom stereocenters. The van der Waals surface area contributed by atoms with Crippen LogP contribution in [-0.2, 0) is 14.3 Å². The molecule has 0 aliphatic carbocycles. The Labute approximate surface area is 211 Å². The molecule has 6 nitrogen and oxygen atoms in total. The molecule has 1 aliphatic rings. The average Bonchev–Trinajstić information content (AvgIpc) is 3.07. The number of esters is 1. The highest BCUT2D eigenvalue weighted by Gasteiger charge is 2.42. The number of nitrogens with zero attached hydrogens (tertiary/aromatic N) is 1. The van der Waals surface area contributed by atoms with Gasteiger partial charge in [0.15, 0.2) is 17.5 Å². The van der Waals surface area contributed by atoms with Crippen molar-refractivity contribution in [1.29, 1.82) is 0 Å². The largest absolute Gasteiger partial charge is 0.493 e. The van der Waals surface area contributed by atoms with Crippen LogP contribution in [0.5, 0.6) is 11.5 Å². The number of thioether (sulfide) groups is 1. The van der Waals surface area contributed by atoms with Gasteiger partial charge >= 0.3 is 5.97 Å². The number of methoxy groups -OCH3 is 1. The van der Waals surface area contributed by atoms with Crippen molar-refractivity contribution in [2.24, 2.45) is 0 Å². The predicted molar refractivity (Wildman–Crippen MR) is 137 cm³/mol. The van der Waals surface area contributed by atoms with E-state index in [9.17, 15) is 9.59 Å². The molecule has 1 heterocycles. The van der Waals surface area contributed by atoms with Crippen LogP contribution in [0.25, 0.3) is 6.08 Å². The van der Waals surface area contributed by atoms with Gasteiger partial charge in [-0.05, 0) is 58.6 Å². The lowest BCUT2D eigenvalue weighted by molar-refractivity contribution is -0.151. The molecule has 1 amide bonds. The van der Waals surface area contributed by atoms with Gasteiger partial charge in [0.25, 0.3) is 5.91 Å². The minimum atomic E-state index is -0.948. The molecule has 33 heavy (non-hydrogen) atoms. The van der Waals surface area contributed by atoms with E-state index < -0.39 is 12.0 Å². The van der Waals surface area contributed by atoms with Crippen LogP contribution in [0, 0.1) is 0 Å².